The maximum Gasteiger partial charge on any atom is 0.337 e. The molecule has 1 amide bonds. The average molecular weight is 436 g/mol. The molecule has 5 rings (SSSR count). The van der Waals surface area contributed by atoms with Crippen LogP contribution < -0.4 is 4.90 Å². The normalized spacial score (nSPS) is 19.1. The first-order chi connectivity index (χ1) is 15.0. The molecule has 0 fully saturated rings. The number of carbonyl (C=O) groups excluding carboxylic acids is 2. The van der Waals surface area contributed by atoms with Gasteiger partial charge < -0.3 is 4.74 Å². The molecule has 1 aliphatic heterocycles. The van der Waals surface area contributed by atoms with Gasteiger partial charge in [-0.25, -0.2) is 4.79 Å². The highest BCUT2D eigenvalue weighted by atomic mass is 35.5. The molecule has 158 valence electrons. The van der Waals surface area contributed by atoms with Crippen LogP contribution in [-0.4, -0.2) is 28.8 Å². The molecule has 0 bridgehead atoms. The summed E-state index contributed by atoms with van der Waals surface area (Å²) in [6.45, 7) is 2.88. The number of rotatable bonds is 4. The molecule has 7 heteroatoms. The van der Waals surface area contributed by atoms with Gasteiger partial charge in [-0.05, 0) is 60.2 Å². The molecule has 0 saturated carbocycles. The van der Waals surface area contributed by atoms with E-state index in [1.807, 2.05) is 41.2 Å². The van der Waals surface area contributed by atoms with Crippen LogP contribution in [0, 0.1) is 0 Å². The Kier molecular flexibility index (Phi) is 4.63. The summed E-state index contributed by atoms with van der Waals surface area (Å²) in [4.78, 5) is 27.7. The third kappa shape index (κ3) is 2.97. The molecule has 31 heavy (non-hydrogen) atoms. The summed E-state index contributed by atoms with van der Waals surface area (Å²) in [5.41, 5.74) is 4.36. The Hall–Kier alpha value is -3.12. The van der Waals surface area contributed by atoms with Gasteiger partial charge in [0.05, 0.1) is 35.7 Å². The van der Waals surface area contributed by atoms with Crippen molar-refractivity contribution in [2.24, 2.45) is 0 Å². The zero-order chi connectivity index (χ0) is 21.8. The lowest BCUT2D eigenvalue weighted by atomic mass is 9.79. The molecule has 0 radical (unpaired) electrons. The molecule has 6 nitrogen and oxygen atoms in total. The van der Waals surface area contributed by atoms with Gasteiger partial charge >= 0.3 is 5.97 Å². The van der Waals surface area contributed by atoms with Crippen LogP contribution in [0.1, 0.15) is 40.4 Å². The van der Waals surface area contributed by atoms with E-state index in [4.69, 9.17) is 16.3 Å². The lowest BCUT2D eigenvalue weighted by Gasteiger charge is -2.23. The van der Waals surface area contributed by atoms with Gasteiger partial charge in [-0.2, -0.15) is 5.10 Å². The van der Waals surface area contributed by atoms with Crippen molar-refractivity contribution < 1.29 is 14.3 Å². The van der Waals surface area contributed by atoms with Gasteiger partial charge in [-0.3, -0.25) is 14.4 Å². The lowest BCUT2D eigenvalue weighted by Crippen LogP contribution is -2.39. The molecule has 2 aromatic carbocycles. The molecule has 2 aliphatic rings. The topological polar surface area (TPSA) is 64.4 Å². The molecule has 1 atom stereocenters. The van der Waals surface area contributed by atoms with Gasteiger partial charge in [-0.15, -0.1) is 0 Å². The third-order valence-corrected chi connectivity index (χ3v) is 6.51. The molecule has 0 unspecified atom stereocenters. The lowest BCUT2D eigenvalue weighted by molar-refractivity contribution is -0.122. The minimum Gasteiger partial charge on any atom is -0.465 e. The summed E-state index contributed by atoms with van der Waals surface area (Å²) in [5.74, 6) is -0.365. The number of esters is 1. The van der Waals surface area contributed by atoms with E-state index < -0.39 is 5.41 Å². The fourth-order valence-electron chi connectivity index (χ4n) is 4.87. The molecule has 1 aromatic heterocycles. The highest BCUT2D eigenvalue weighted by Gasteiger charge is 2.54. The van der Waals surface area contributed by atoms with Crippen LogP contribution >= 0.6 is 11.6 Å². The monoisotopic (exact) mass is 435 g/mol. The summed E-state index contributed by atoms with van der Waals surface area (Å²) >= 11 is 6.32. The van der Waals surface area contributed by atoms with Gasteiger partial charge in [0.25, 0.3) is 0 Å². The highest BCUT2D eigenvalue weighted by molar-refractivity contribution is 6.31. The van der Waals surface area contributed by atoms with Gasteiger partial charge in [0.15, 0.2) is 0 Å². The quantitative estimate of drug-likeness (QED) is 0.568. The number of anilines is 2. The van der Waals surface area contributed by atoms with E-state index in [-0.39, 0.29) is 11.9 Å². The minimum atomic E-state index is -0.718. The molecular formula is C24H22ClN3O3. The second-order valence-corrected chi connectivity index (χ2v) is 8.61. The van der Waals surface area contributed by atoms with Gasteiger partial charge in [-0.1, -0.05) is 30.7 Å². The first-order valence-corrected chi connectivity index (χ1v) is 10.7. The molecule has 1 aliphatic carbocycles. The highest BCUT2D eigenvalue weighted by Crippen LogP contribution is 2.52. The van der Waals surface area contributed by atoms with Crippen LogP contribution in [0.2, 0.25) is 5.02 Å². The van der Waals surface area contributed by atoms with E-state index >= 15 is 0 Å². The molecular weight excluding hydrogens is 414 g/mol. The summed E-state index contributed by atoms with van der Waals surface area (Å²) in [5, 5.41) is 5.00. The number of halogens is 1. The first kappa shape index (κ1) is 19.8. The van der Waals surface area contributed by atoms with Crippen molar-refractivity contribution in [3.05, 3.63) is 76.1 Å². The van der Waals surface area contributed by atoms with Crippen molar-refractivity contribution in [2.75, 3.05) is 12.0 Å². The Labute approximate surface area is 185 Å². The standard InChI is InChI=1S/C24H22ClN3O3/c1-3-8-27-14-19(13-26-27)28-21-10-18(25)6-7-20(21)24(23(28)30)11-16-5-4-15(22(29)31-2)9-17(16)12-24/h4-7,9-10,13-14H,3,8,11-12H2,1-2H3/t24-/m0/s1. The van der Waals surface area contributed by atoms with E-state index in [1.54, 1.807) is 17.2 Å². The second kappa shape index (κ2) is 7.24. The van der Waals surface area contributed by atoms with Crippen LogP contribution in [0.4, 0.5) is 11.4 Å². The number of aromatic nitrogens is 2. The number of aryl methyl sites for hydroxylation is 1. The summed E-state index contributed by atoms with van der Waals surface area (Å²) in [6, 6.07) is 11.2. The fraction of sp³-hybridized carbons (Fsp3) is 0.292. The second-order valence-electron chi connectivity index (χ2n) is 8.17. The molecule has 2 heterocycles. The van der Waals surface area contributed by atoms with Gasteiger partial charge in [0.1, 0.15) is 0 Å². The van der Waals surface area contributed by atoms with Crippen LogP contribution in [0.15, 0.2) is 48.8 Å². The van der Waals surface area contributed by atoms with Crippen LogP contribution in [0.3, 0.4) is 0 Å². The van der Waals surface area contributed by atoms with Gasteiger partial charge in [0.2, 0.25) is 5.91 Å². The van der Waals surface area contributed by atoms with Crippen LogP contribution in [0.5, 0.6) is 0 Å². The number of nitrogens with zero attached hydrogens (tertiary/aromatic N) is 3. The summed E-state index contributed by atoms with van der Waals surface area (Å²) in [7, 11) is 1.37. The Morgan fingerprint density at radius 3 is 2.77 bits per heavy atom. The van der Waals surface area contributed by atoms with Crippen molar-refractivity contribution in [3.63, 3.8) is 0 Å². The summed E-state index contributed by atoms with van der Waals surface area (Å²) < 4.78 is 6.71. The average Bonchev–Trinajstić information content (AvgIpc) is 3.43. The minimum absolute atomic E-state index is 0.0108. The SMILES string of the molecule is CCCn1cc(N2C(=O)[C@]3(Cc4ccc(C(=O)OC)cc4C3)c3ccc(Cl)cc32)cn1. The summed E-state index contributed by atoms with van der Waals surface area (Å²) in [6.07, 6.45) is 5.70. The molecule has 1 spiro atoms. The number of carbonyl (C=O) groups is 2. The number of amides is 1. The maximum absolute atomic E-state index is 14.0. The predicted octanol–water partition coefficient (Wildman–Crippen LogP) is 4.45. The number of hydrogen-bond donors (Lipinski definition) is 0. The number of fused-ring (bicyclic) bond motifs is 3. The largest absolute Gasteiger partial charge is 0.465 e. The fourth-order valence-corrected chi connectivity index (χ4v) is 5.04. The van der Waals surface area contributed by atoms with Crippen molar-refractivity contribution in [3.8, 4) is 0 Å². The number of ether oxygens (including phenoxy) is 1. The zero-order valence-electron chi connectivity index (χ0n) is 17.4. The Balaban J connectivity index is 1.60. The van der Waals surface area contributed by atoms with E-state index in [0.29, 0.717) is 23.4 Å². The number of hydrogen-bond acceptors (Lipinski definition) is 4. The smallest absolute Gasteiger partial charge is 0.337 e. The number of methoxy groups -OCH3 is 1. The molecule has 0 saturated heterocycles. The maximum atomic E-state index is 14.0. The Morgan fingerprint density at radius 1 is 1.19 bits per heavy atom. The Bertz CT molecular complexity index is 1220. The number of benzene rings is 2. The van der Waals surface area contributed by atoms with Crippen LogP contribution in [-0.2, 0) is 34.3 Å². The van der Waals surface area contributed by atoms with Crippen LogP contribution in [0.25, 0.3) is 0 Å². The predicted molar refractivity (Wildman–Crippen MR) is 118 cm³/mol. The van der Waals surface area contributed by atoms with E-state index in [1.165, 1.54) is 7.11 Å². The Morgan fingerprint density at radius 2 is 2.00 bits per heavy atom. The zero-order valence-corrected chi connectivity index (χ0v) is 18.1. The van der Waals surface area contributed by atoms with Crippen molar-refractivity contribution in [1.29, 1.82) is 0 Å². The van der Waals surface area contributed by atoms with E-state index in [0.717, 1.165) is 41.0 Å². The molecule has 0 N–H and O–H groups in total. The molecule has 3 aromatic rings. The van der Waals surface area contributed by atoms with Crippen molar-refractivity contribution in [1.82, 2.24) is 9.78 Å². The van der Waals surface area contributed by atoms with Crippen molar-refractivity contribution in [2.45, 2.75) is 38.1 Å². The van der Waals surface area contributed by atoms with E-state index in [2.05, 4.69) is 12.0 Å². The third-order valence-electron chi connectivity index (χ3n) is 6.27. The van der Waals surface area contributed by atoms with E-state index in [9.17, 15) is 9.59 Å². The first-order valence-electron chi connectivity index (χ1n) is 10.3. The van der Waals surface area contributed by atoms with Crippen molar-refractivity contribution >= 4 is 34.9 Å². The van der Waals surface area contributed by atoms with Gasteiger partial charge in [0, 0.05) is 17.8 Å².